The molecular weight excluding hydrogens is 3560 g/mol. The van der Waals surface area contributed by atoms with E-state index in [1.165, 1.54) is 0 Å². The zero-order valence-corrected chi connectivity index (χ0v) is 177. The molecule has 62 unspecified atom stereocenters. The van der Waals surface area contributed by atoms with Crippen molar-refractivity contribution in [2.45, 2.75) is 0 Å². The molecule has 0 N–H and O–H groups in total. The molecule has 692 valence electrons. The Kier molecular flexibility index (Phi) is 129. The molecule has 0 bridgehead atoms. The Hall–Kier alpha value is 49.4. The predicted molar refractivity (Wildman–Crippen MR) is 959 cm³/mol. The highest BCUT2D eigenvalue weighted by molar-refractivity contribution is 9.59. The molecule has 0 amide bonds. The summed E-state index contributed by atoms with van der Waals surface area (Å²) >= 11 is 0. The molecule has 0 radical (unpaired) electrons. The fourth-order valence-electron chi connectivity index (χ4n) is 7.08. The molecule has 0 aromatic heterocycles. The van der Waals surface area contributed by atoms with Crippen molar-refractivity contribution in [3.05, 3.63) is 0 Å². The molecule has 0 aliphatic rings. The Bertz CT molecular complexity index is 1990. The largest absolute Gasteiger partial charge is 0.102 e. The van der Waals surface area contributed by atoms with E-state index in [1.54, 1.807) is 0 Å². The van der Waals surface area contributed by atoms with E-state index in [0.29, 0.717) is 0 Å². The zero-order valence-electron chi connectivity index (χ0n) is 59.0. The van der Waals surface area contributed by atoms with Crippen LogP contribution in [-0.2, 0) is 0 Å². The predicted octanol–water partition coefficient (Wildman–Crippen LogP) is 67.7. The minimum absolute atomic E-state index is 0.377. The van der Waals surface area contributed by atoms with Crippen molar-refractivity contribution >= 4 is 917 Å². The summed E-state index contributed by atoms with van der Waals surface area (Å²) < 4.78 is 0. The number of hydrogen-bond donors (Lipinski definition) is 0. The Morgan fingerprint density at radius 2 is 0.130 bits per heavy atom. The van der Waals surface area contributed by atoms with Gasteiger partial charge in [0.1, 0.15) is 0 Å². The molecular formula is H117P115. The summed E-state index contributed by atoms with van der Waals surface area (Å²) in [6.07, 6.45) is 0. The monoisotopic (exact) mass is 3680 g/mol. The molecule has 0 spiro atoms. The molecule has 0 rings (SSSR count). The normalized spacial score (nSPS) is 15.6. The average molecular weight is 3680 g/mol. The molecule has 0 saturated carbocycles. The minimum atomic E-state index is -0.672. The van der Waals surface area contributed by atoms with Crippen LogP contribution < -0.4 is 0 Å². The standard InChI is InChI=1S/H117P115/c1-60(2)91(61(3)4)105(88(57)58)106(92(62(5)6)63(7)8)89(107(110(93(64(9)10)65(11)12)94(66(13)14)67(15)16)111(95(68(17)18)69(19)20)96(70(21)22)71(23)24)59-90(108(112(97(72(25)26)73(27)28)98(74(29)30)75(31)32)113(99(76(33)34)77(35)36)100(78(37)38)79(39)40)109(114(101(80(41)42)81(43)44)102(82(45)46)83(47)48)115(103(84(49)50)85(51)52)104(86(53)54)87(55)56/h59H,1-58H2. The molecule has 0 aliphatic carbocycles. The fourth-order valence-corrected chi connectivity index (χ4v) is 1720. The van der Waals surface area contributed by atoms with E-state index in [-0.39, 0.29) is 6.99 Å². The van der Waals surface area contributed by atoms with E-state index in [2.05, 4.69) is 518 Å². The topological polar surface area (TPSA) is 0 Å². The van der Waals surface area contributed by atoms with Crippen LogP contribution in [0, 0.1) is 0 Å². The van der Waals surface area contributed by atoms with Gasteiger partial charge in [-0.05, 0) is 399 Å². The van der Waals surface area contributed by atoms with Gasteiger partial charge in [-0.2, -0.15) is 0 Å². The first-order chi connectivity index (χ1) is 52.3. The molecule has 0 aliphatic heterocycles. The summed E-state index contributed by atoms with van der Waals surface area (Å²) in [6.45, 7) is -26.3. The number of hydrogen-bond acceptors (Lipinski definition) is 0. The Morgan fingerprint density at radius 3 is 0.209 bits per heavy atom. The van der Waals surface area contributed by atoms with Gasteiger partial charge in [-0.3, -0.25) is 0 Å². The Balaban J connectivity index is 15.2. The van der Waals surface area contributed by atoms with Gasteiger partial charge in [0, 0.05) is 0 Å². The lowest BCUT2D eigenvalue weighted by Crippen LogP contribution is -1.74. The van der Waals surface area contributed by atoms with E-state index < -0.39 is 384 Å². The van der Waals surface area contributed by atoms with E-state index in [1.807, 2.05) is 0 Å². The van der Waals surface area contributed by atoms with Crippen molar-refractivity contribution in [3.63, 3.8) is 0 Å². The second-order valence-corrected chi connectivity index (χ2v) is 497. The van der Waals surface area contributed by atoms with Crippen LogP contribution in [-0.4, -0.2) is 0 Å². The van der Waals surface area contributed by atoms with Gasteiger partial charge < -0.3 is 0 Å². The van der Waals surface area contributed by atoms with E-state index >= 15 is 0 Å². The molecule has 0 aromatic carbocycles. The van der Waals surface area contributed by atoms with E-state index in [4.69, 9.17) is 0 Å². The molecule has 0 heterocycles. The van der Waals surface area contributed by atoms with Crippen molar-refractivity contribution in [3.8, 4) is 0 Å². The first-order valence-electron chi connectivity index (χ1n) is 26.2. The summed E-state index contributed by atoms with van der Waals surface area (Å²) in [7, 11) is 223. The minimum Gasteiger partial charge on any atom is -0.102 e. The maximum absolute atomic E-state index is 3.93. The van der Waals surface area contributed by atoms with Gasteiger partial charge in [0.05, 0.1) is 0 Å². The average Bonchev–Trinajstić information content (AvgIpc) is 0.723. The van der Waals surface area contributed by atoms with Crippen LogP contribution in [0.2, 0.25) is 0 Å². The molecule has 115 heavy (non-hydrogen) atoms. The third kappa shape index (κ3) is 58.7. The third-order valence-corrected chi connectivity index (χ3v) is 827. The molecule has 0 aromatic rings. The quantitative estimate of drug-likeness (QED) is 0.0533. The highest BCUT2D eigenvalue weighted by Crippen LogP contribution is 3.53. The first-order valence-corrected chi connectivity index (χ1v) is 236. The molecule has 0 saturated heterocycles. The van der Waals surface area contributed by atoms with Crippen molar-refractivity contribution in [2.75, 3.05) is 0 Å². The van der Waals surface area contributed by atoms with Gasteiger partial charge in [0.15, 0.2) is 0 Å². The van der Waals surface area contributed by atoms with Crippen LogP contribution in [0.15, 0.2) is 0 Å². The summed E-state index contributed by atoms with van der Waals surface area (Å²) in [5, 5.41) is 0. The molecule has 0 nitrogen and oxygen atoms in total. The van der Waals surface area contributed by atoms with Gasteiger partial charge in [-0.15, -0.1) is 518 Å². The zero-order chi connectivity index (χ0) is 91.0. The van der Waals surface area contributed by atoms with Crippen molar-refractivity contribution in [1.82, 2.24) is 0 Å². The van der Waals surface area contributed by atoms with Crippen LogP contribution in [0.1, 0.15) is 0 Å². The first kappa shape index (κ1) is 164. The summed E-state index contributed by atoms with van der Waals surface area (Å²) in [4.78, 5) is 0. The van der Waals surface area contributed by atoms with Crippen LogP contribution in [0.4, 0.5) is 0 Å². The third-order valence-electron chi connectivity index (χ3n) is 10.2. The van der Waals surface area contributed by atoms with Crippen LogP contribution >= 0.6 is 917 Å². The number of rotatable bonds is 56. The van der Waals surface area contributed by atoms with Crippen LogP contribution in [0.3, 0.4) is 0 Å². The van der Waals surface area contributed by atoms with Crippen molar-refractivity contribution in [2.24, 2.45) is 0 Å². The van der Waals surface area contributed by atoms with Gasteiger partial charge in [-0.25, -0.2) is 0 Å². The van der Waals surface area contributed by atoms with E-state index in [9.17, 15) is 0 Å². The van der Waals surface area contributed by atoms with Gasteiger partial charge >= 0.3 is 0 Å². The maximum Gasteiger partial charge on any atom is -0.000359 e. The van der Waals surface area contributed by atoms with Crippen LogP contribution in [0.5, 0.6) is 0 Å². The van der Waals surface area contributed by atoms with Crippen LogP contribution in [0.25, 0.3) is 0 Å². The highest BCUT2D eigenvalue weighted by atomic mass is 33.6. The van der Waals surface area contributed by atoms with Crippen molar-refractivity contribution < 1.29 is 0 Å². The van der Waals surface area contributed by atoms with Gasteiger partial charge in [0.25, 0.3) is 0 Å². The van der Waals surface area contributed by atoms with E-state index in [0.717, 1.165) is 7.96 Å². The van der Waals surface area contributed by atoms with Gasteiger partial charge in [-0.1, -0.05) is 0 Å². The summed E-state index contributed by atoms with van der Waals surface area (Å²) in [6, 6.07) is 0. The second kappa shape index (κ2) is 90.4. The lowest BCUT2D eigenvalue weighted by atomic mass is 28.4. The lowest BCUT2D eigenvalue weighted by molar-refractivity contribution is 4.32. The second-order valence-electron chi connectivity index (χ2n) is 18.4. The smallest absolute Gasteiger partial charge is 0.000359 e. The van der Waals surface area contributed by atoms with Crippen molar-refractivity contribution in [1.29, 1.82) is 0 Å². The lowest BCUT2D eigenvalue weighted by Gasteiger charge is -2.62. The highest BCUT2D eigenvalue weighted by Gasteiger charge is 2.66. The Morgan fingerprint density at radius 1 is 0.0696 bits per heavy atom. The summed E-state index contributed by atoms with van der Waals surface area (Å²) in [5.41, 5.74) is 0. The Labute approximate surface area is 901 Å². The molecule has 62 atom stereocenters. The molecule has 115 heteroatoms. The molecule has 0 fully saturated rings. The van der Waals surface area contributed by atoms with Gasteiger partial charge in [0.2, 0.25) is 0 Å². The SMILES string of the molecule is PP(P)P(P(P)P)P(P(P)P)P(P(PP(P(P(P(P(P)P)P(P)P)P(P(P)P)P(P)P)P(P(P(P)P)P(P)P)P(P(P)P)P(P)P)P(P(P(P(P)P)P(P)P)P(P(P)P)P(P)P)P(P(P(P)P)P(P)P)P(P(P)P)P(P)P)P(P(P(P(P)P)P(P)P)P(P(P)P)P(P)P)P(P(P(P)P)P(P)P)P(P(P)P)P(P)P)P(P(P)P)P(P)P. The fraction of sp³-hybridized carbons (Fsp3) is 0. The maximum atomic E-state index is 3.93. The summed E-state index contributed by atoms with van der Waals surface area (Å²) in [5.74, 6) is 0.